The van der Waals surface area contributed by atoms with Crippen LogP contribution in [0.3, 0.4) is 0 Å². The molecule has 5 heteroatoms. The average molecular weight is 211 g/mol. The van der Waals surface area contributed by atoms with Crippen molar-refractivity contribution < 1.29 is 9.84 Å². The summed E-state index contributed by atoms with van der Waals surface area (Å²) in [5.74, 6) is 1.94. The van der Waals surface area contributed by atoms with Crippen molar-refractivity contribution >= 4 is 0 Å². The van der Waals surface area contributed by atoms with Gasteiger partial charge in [0.25, 0.3) is 0 Å². The third-order valence-electron chi connectivity index (χ3n) is 2.88. The second kappa shape index (κ2) is 4.72. The Morgan fingerprint density at radius 3 is 3.13 bits per heavy atom. The number of fused-ring (bicyclic) bond motifs is 1. The summed E-state index contributed by atoms with van der Waals surface area (Å²) >= 11 is 0. The van der Waals surface area contributed by atoms with Gasteiger partial charge in [0.1, 0.15) is 11.6 Å². The zero-order valence-corrected chi connectivity index (χ0v) is 9.02. The summed E-state index contributed by atoms with van der Waals surface area (Å²) in [5.41, 5.74) is 0. The van der Waals surface area contributed by atoms with Gasteiger partial charge in [-0.1, -0.05) is 0 Å². The van der Waals surface area contributed by atoms with Crippen molar-refractivity contribution in [1.82, 2.24) is 14.8 Å². The first-order valence-electron chi connectivity index (χ1n) is 5.39. The molecule has 0 fully saturated rings. The molecule has 0 aromatic carbocycles. The molecule has 84 valence electrons. The Morgan fingerprint density at radius 2 is 2.40 bits per heavy atom. The minimum Gasteiger partial charge on any atom is -0.394 e. The number of hydrogen-bond acceptors (Lipinski definition) is 4. The van der Waals surface area contributed by atoms with Gasteiger partial charge in [-0.2, -0.15) is 0 Å². The van der Waals surface area contributed by atoms with Crippen molar-refractivity contribution in [2.45, 2.75) is 31.7 Å². The van der Waals surface area contributed by atoms with Gasteiger partial charge in [0.2, 0.25) is 0 Å². The molecule has 1 N–H and O–H groups in total. The Kier molecular flexibility index (Phi) is 3.33. The monoisotopic (exact) mass is 211 g/mol. The van der Waals surface area contributed by atoms with Crippen molar-refractivity contribution in [3.63, 3.8) is 0 Å². The zero-order valence-electron chi connectivity index (χ0n) is 9.02. The summed E-state index contributed by atoms with van der Waals surface area (Å²) in [5, 5.41) is 17.6. The van der Waals surface area contributed by atoms with E-state index in [9.17, 15) is 5.11 Å². The summed E-state index contributed by atoms with van der Waals surface area (Å²) in [7, 11) is 1.68. The lowest BCUT2D eigenvalue weighted by Gasteiger charge is -2.24. The van der Waals surface area contributed by atoms with E-state index < -0.39 is 0 Å². The van der Waals surface area contributed by atoms with E-state index in [0.29, 0.717) is 6.61 Å². The Labute approximate surface area is 89.1 Å². The highest BCUT2D eigenvalue weighted by atomic mass is 16.5. The van der Waals surface area contributed by atoms with E-state index in [-0.39, 0.29) is 12.6 Å². The molecular formula is C10H17N3O2. The van der Waals surface area contributed by atoms with E-state index >= 15 is 0 Å². The van der Waals surface area contributed by atoms with E-state index in [0.717, 1.165) is 37.3 Å². The molecule has 0 amide bonds. The molecule has 2 rings (SSSR count). The van der Waals surface area contributed by atoms with Gasteiger partial charge in [0.05, 0.1) is 19.3 Å². The predicted molar refractivity (Wildman–Crippen MR) is 54.7 cm³/mol. The molecule has 1 aromatic heterocycles. The highest BCUT2D eigenvalue weighted by Gasteiger charge is 2.23. The summed E-state index contributed by atoms with van der Waals surface area (Å²) in [6.45, 7) is 0.821. The van der Waals surface area contributed by atoms with Crippen LogP contribution in [0.2, 0.25) is 0 Å². The molecule has 1 aliphatic heterocycles. The van der Waals surface area contributed by atoms with Crippen molar-refractivity contribution in [3.05, 3.63) is 11.6 Å². The second-order valence-corrected chi connectivity index (χ2v) is 3.87. The van der Waals surface area contributed by atoms with Crippen LogP contribution in [0, 0.1) is 0 Å². The quantitative estimate of drug-likeness (QED) is 0.780. The third kappa shape index (κ3) is 2.03. The largest absolute Gasteiger partial charge is 0.394 e. The lowest BCUT2D eigenvalue weighted by molar-refractivity contribution is 0.187. The number of rotatable bonds is 4. The Balaban J connectivity index is 2.21. The smallest absolute Gasteiger partial charge is 0.135 e. The number of aryl methyl sites for hydroxylation is 1. The van der Waals surface area contributed by atoms with Crippen LogP contribution in [0.25, 0.3) is 0 Å². The van der Waals surface area contributed by atoms with Gasteiger partial charge in [-0.05, 0) is 12.8 Å². The first-order valence-corrected chi connectivity index (χ1v) is 5.39. The summed E-state index contributed by atoms with van der Waals surface area (Å²) in [4.78, 5) is 0. The molecule has 0 aliphatic carbocycles. The topological polar surface area (TPSA) is 60.2 Å². The molecule has 0 saturated heterocycles. The summed E-state index contributed by atoms with van der Waals surface area (Å²) in [6.07, 6.45) is 3.84. The van der Waals surface area contributed by atoms with Crippen molar-refractivity contribution in [1.29, 1.82) is 0 Å². The fourth-order valence-corrected chi connectivity index (χ4v) is 2.11. The third-order valence-corrected chi connectivity index (χ3v) is 2.88. The first kappa shape index (κ1) is 10.6. The summed E-state index contributed by atoms with van der Waals surface area (Å²) < 4.78 is 7.12. The lowest BCUT2D eigenvalue weighted by Crippen LogP contribution is -2.23. The van der Waals surface area contributed by atoms with E-state index in [2.05, 4.69) is 14.8 Å². The van der Waals surface area contributed by atoms with Gasteiger partial charge >= 0.3 is 0 Å². The SMILES string of the molecule is COCCc1nnc2n1C(CO)CCC2. The van der Waals surface area contributed by atoms with Crippen LogP contribution >= 0.6 is 0 Å². The number of hydrogen-bond donors (Lipinski definition) is 1. The van der Waals surface area contributed by atoms with Crippen molar-refractivity contribution in [3.8, 4) is 0 Å². The number of nitrogens with zero attached hydrogens (tertiary/aromatic N) is 3. The molecule has 5 nitrogen and oxygen atoms in total. The zero-order chi connectivity index (χ0) is 10.7. The number of aliphatic hydroxyl groups is 1. The maximum atomic E-state index is 9.30. The van der Waals surface area contributed by atoms with Gasteiger partial charge in [0, 0.05) is 20.0 Å². The first-order chi connectivity index (χ1) is 7.36. The molecule has 2 heterocycles. The second-order valence-electron chi connectivity index (χ2n) is 3.87. The van der Waals surface area contributed by atoms with Gasteiger partial charge in [-0.15, -0.1) is 10.2 Å². The molecule has 1 unspecified atom stereocenters. The van der Waals surface area contributed by atoms with Crippen LogP contribution in [0.4, 0.5) is 0 Å². The van der Waals surface area contributed by atoms with Crippen molar-refractivity contribution in [2.75, 3.05) is 20.3 Å². The molecule has 1 aliphatic rings. The molecule has 15 heavy (non-hydrogen) atoms. The minimum atomic E-state index is 0.163. The Bertz CT molecular complexity index is 324. The number of methoxy groups -OCH3 is 1. The standard InChI is InChI=1S/C10H17N3O2/c1-15-6-5-10-12-11-9-4-2-3-8(7-14)13(9)10/h8,14H,2-7H2,1H3. The van der Waals surface area contributed by atoms with Crippen LogP contribution in [0.1, 0.15) is 30.5 Å². The van der Waals surface area contributed by atoms with Gasteiger partial charge in [0.15, 0.2) is 0 Å². The minimum absolute atomic E-state index is 0.163. The average Bonchev–Trinajstić information content (AvgIpc) is 2.69. The maximum absolute atomic E-state index is 9.30. The molecule has 0 spiro atoms. The van der Waals surface area contributed by atoms with E-state index in [1.165, 1.54) is 0 Å². The van der Waals surface area contributed by atoms with Crippen LogP contribution in [0.5, 0.6) is 0 Å². The number of aliphatic hydroxyl groups excluding tert-OH is 1. The number of aromatic nitrogens is 3. The molecular weight excluding hydrogens is 194 g/mol. The van der Waals surface area contributed by atoms with Gasteiger partial charge in [-0.25, -0.2) is 0 Å². The highest BCUT2D eigenvalue weighted by Crippen LogP contribution is 2.24. The lowest BCUT2D eigenvalue weighted by atomic mass is 10.0. The fraction of sp³-hybridized carbons (Fsp3) is 0.800. The van der Waals surface area contributed by atoms with Crippen LogP contribution in [-0.2, 0) is 17.6 Å². The summed E-state index contributed by atoms with van der Waals surface area (Å²) in [6, 6.07) is 0.163. The predicted octanol–water partition coefficient (Wildman–Crippen LogP) is 0.337. The molecule has 1 atom stereocenters. The van der Waals surface area contributed by atoms with E-state index in [1.807, 2.05) is 0 Å². The van der Waals surface area contributed by atoms with Gasteiger partial charge in [-0.3, -0.25) is 0 Å². The Morgan fingerprint density at radius 1 is 1.53 bits per heavy atom. The normalized spacial score (nSPS) is 20.3. The van der Waals surface area contributed by atoms with Crippen LogP contribution < -0.4 is 0 Å². The van der Waals surface area contributed by atoms with Crippen LogP contribution in [0.15, 0.2) is 0 Å². The van der Waals surface area contributed by atoms with Crippen molar-refractivity contribution in [2.24, 2.45) is 0 Å². The molecule has 0 radical (unpaired) electrons. The molecule has 1 aromatic rings. The van der Waals surface area contributed by atoms with Crippen LogP contribution in [-0.4, -0.2) is 40.2 Å². The fourth-order valence-electron chi connectivity index (χ4n) is 2.11. The molecule has 0 bridgehead atoms. The molecule has 0 saturated carbocycles. The Hall–Kier alpha value is -0.940. The van der Waals surface area contributed by atoms with E-state index in [4.69, 9.17) is 4.74 Å². The number of ether oxygens (including phenoxy) is 1. The van der Waals surface area contributed by atoms with Gasteiger partial charge < -0.3 is 14.4 Å². The maximum Gasteiger partial charge on any atom is 0.135 e. The van der Waals surface area contributed by atoms with E-state index in [1.54, 1.807) is 7.11 Å². The highest BCUT2D eigenvalue weighted by molar-refractivity contribution is 5.02.